The van der Waals surface area contributed by atoms with Crippen LogP contribution in [0.3, 0.4) is 0 Å². The van der Waals surface area contributed by atoms with Crippen LogP contribution < -0.4 is 0 Å². The highest BCUT2D eigenvalue weighted by molar-refractivity contribution is 5.96. The van der Waals surface area contributed by atoms with Gasteiger partial charge in [-0.05, 0) is 24.5 Å². The van der Waals surface area contributed by atoms with Gasteiger partial charge in [0.1, 0.15) is 0 Å². The summed E-state index contributed by atoms with van der Waals surface area (Å²) in [5.41, 5.74) is 1.70. The molecule has 1 atom stereocenters. The van der Waals surface area contributed by atoms with E-state index < -0.39 is 0 Å². The summed E-state index contributed by atoms with van der Waals surface area (Å²) in [6.07, 6.45) is 6.62. The fourth-order valence-corrected chi connectivity index (χ4v) is 1.25. The lowest BCUT2D eigenvalue weighted by Crippen LogP contribution is -2.06. The molecule has 2 heteroatoms. The molecule has 2 nitrogen and oxygen atoms in total. The Labute approximate surface area is 93.3 Å². The van der Waals surface area contributed by atoms with E-state index in [-0.39, 0.29) is 5.92 Å². The number of nitrogens with zero attached hydrogens (tertiary/aromatic N) is 1. The molecule has 0 aromatic rings. The van der Waals surface area contributed by atoms with Gasteiger partial charge in [0.05, 0.1) is 0 Å². The third-order valence-electron chi connectivity index (χ3n) is 2.38. The quantitative estimate of drug-likeness (QED) is 0.646. The minimum absolute atomic E-state index is 0.240. The van der Waals surface area contributed by atoms with Crippen LogP contribution in [0.5, 0.6) is 0 Å². The molecule has 84 valence electrons. The smallest absolute Gasteiger partial charge is 0.0367 e. The lowest BCUT2D eigenvalue weighted by molar-refractivity contribution is 0.788. The average molecular weight is 206 g/mol. The van der Waals surface area contributed by atoms with Crippen molar-refractivity contribution in [1.82, 2.24) is 0 Å². The predicted octanol–water partition coefficient (Wildman–Crippen LogP) is 3.50. The summed E-state index contributed by atoms with van der Waals surface area (Å²) in [6, 6.07) is 0. The molecule has 0 fully saturated rings. The number of aliphatic imine (C=N–C) groups is 1. The number of hydrogen-bond donors (Lipinski definition) is 1. The summed E-state index contributed by atoms with van der Waals surface area (Å²) in [5, 5.41) is 7.58. The van der Waals surface area contributed by atoms with Crippen LogP contribution in [0.15, 0.2) is 29.8 Å². The van der Waals surface area contributed by atoms with E-state index in [9.17, 15) is 0 Å². The molecule has 0 heterocycles. The highest BCUT2D eigenvalue weighted by Gasteiger charge is 2.03. The number of hydrogen-bond acceptors (Lipinski definition) is 2. The van der Waals surface area contributed by atoms with Crippen LogP contribution in [0.4, 0.5) is 0 Å². The zero-order chi connectivity index (χ0) is 11.8. The van der Waals surface area contributed by atoms with Gasteiger partial charge in [-0.2, -0.15) is 0 Å². The van der Waals surface area contributed by atoms with E-state index in [2.05, 4.69) is 37.6 Å². The van der Waals surface area contributed by atoms with Crippen molar-refractivity contribution in [2.45, 2.75) is 27.2 Å². The Hall–Kier alpha value is -1.18. The standard InChI is InChI=1S/C13H22N2/c1-6-12(14)11(4)8-7-9-13(15-5)10(2)3/h6-7,9-11,14H,1,8H2,2-5H3/b9-7+,14-12?,15-13+. The molecular weight excluding hydrogens is 184 g/mol. The van der Waals surface area contributed by atoms with E-state index in [0.29, 0.717) is 11.6 Å². The first-order valence-electron chi connectivity index (χ1n) is 5.37. The minimum Gasteiger partial charge on any atom is -0.305 e. The van der Waals surface area contributed by atoms with Gasteiger partial charge >= 0.3 is 0 Å². The molecule has 0 bridgehead atoms. The predicted molar refractivity (Wildman–Crippen MR) is 69.0 cm³/mol. The van der Waals surface area contributed by atoms with E-state index >= 15 is 0 Å². The molecule has 1 unspecified atom stereocenters. The molecule has 1 N–H and O–H groups in total. The lowest BCUT2D eigenvalue weighted by atomic mass is 10.0. The van der Waals surface area contributed by atoms with E-state index in [1.807, 2.05) is 14.0 Å². The van der Waals surface area contributed by atoms with Crippen molar-refractivity contribution < 1.29 is 0 Å². The van der Waals surface area contributed by atoms with Crippen LogP contribution >= 0.6 is 0 Å². The Morgan fingerprint density at radius 2 is 2.00 bits per heavy atom. The first kappa shape index (κ1) is 13.8. The normalized spacial score (nSPS) is 14.6. The molecule has 0 aromatic carbocycles. The molecule has 0 radical (unpaired) electrons. The molecule has 0 amide bonds. The van der Waals surface area contributed by atoms with E-state index in [1.54, 1.807) is 6.08 Å². The van der Waals surface area contributed by atoms with Crippen LogP contribution in [0, 0.1) is 17.2 Å². The molecule has 0 rings (SSSR count). The first-order valence-corrected chi connectivity index (χ1v) is 5.37. The van der Waals surface area contributed by atoms with Gasteiger partial charge in [-0.15, -0.1) is 0 Å². The van der Waals surface area contributed by atoms with Gasteiger partial charge in [-0.3, -0.25) is 4.99 Å². The highest BCUT2D eigenvalue weighted by atomic mass is 14.7. The van der Waals surface area contributed by atoms with Crippen molar-refractivity contribution in [2.24, 2.45) is 16.8 Å². The molecule has 15 heavy (non-hydrogen) atoms. The van der Waals surface area contributed by atoms with Gasteiger partial charge in [-0.25, -0.2) is 0 Å². The summed E-state index contributed by atoms with van der Waals surface area (Å²) >= 11 is 0. The SMILES string of the molecule is C=CC(=N)C(C)C/C=C/C(=N\C)C(C)C. The Bertz CT molecular complexity index is 272. The van der Waals surface area contributed by atoms with Gasteiger partial charge in [0, 0.05) is 24.4 Å². The number of allylic oxidation sites excluding steroid dienone is 3. The second-order valence-corrected chi connectivity index (χ2v) is 4.00. The number of rotatable bonds is 6. The summed E-state index contributed by atoms with van der Waals surface area (Å²) in [5.74, 6) is 0.699. The van der Waals surface area contributed by atoms with E-state index in [0.717, 1.165) is 12.1 Å². The molecule has 0 saturated heterocycles. The summed E-state index contributed by atoms with van der Waals surface area (Å²) in [4.78, 5) is 4.21. The fraction of sp³-hybridized carbons (Fsp3) is 0.538. The number of nitrogens with one attached hydrogen (secondary N) is 1. The zero-order valence-electron chi connectivity index (χ0n) is 10.2. The van der Waals surface area contributed by atoms with Crippen molar-refractivity contribution in [2.75, 3.05) is 7.05 Å². The molecular formula is C13H22N2. The lowest BCUT2D eigenvalue weighted by Gasteiger charge is -2.07. The van der Waals surface area contributed by atoms with Crippen LogP contribution in [0.2, 0.25) is 0 Å². The fourth-order valence-electron chi connectivity index (χ4n) is 1.25. The summed E-state index contributed by atoms with van der Waals surface area (Å²) in [7, 11) is 1.81. The van der Waals surface area contributed by atoms with Gasteiger partial charge in [0.15, 0.2) is 0 Å². The largest absolute Gasteiger partial charge is 0.305 e. The van der Waals surface area contributed by atoms with Crippen molar-refractivity contribution >= 4 is 11.4 Å². The maximum absolute atomic E-state index is 7.58. The maximum Gasteiger partial charge on any atom is 0.0367 e. The van der Waals surface area contributed by atoms with Crippen molar-refractivity contribution in [3.05, 3.63) is 24.8 Å². The third-order valence-corrected chi connectivity index (χ3v) is 2.38. The molecule has 0 spiro atoms. The molecule has 0 aromatic heterocycles. The zero-order valence-corrected chi connectivity index (χ0v) is 10.2. The van der Waals surface area contributed by atoms with Crippen molar-refractivity contribution in [1.29, 1.82) is 5.41 Å². The summed E-state index contributed by atoms with van der Waals surface area (Å²) in [6.45, 7) is 9.88. The Morgan fingerprint density at radius 3 is 2.40 bits per heavy atom. The van der Waals surface area contributed by atoms with Gasteiger partial charge < -0.3 is 5.41 Å². The van der Waals surface area contributed by atoms with Crippen LogP contribution in [-0.4, -0.2) is 18.5 Å². The van der Waals surface area contributed by atoms with E-state index in [4.69, 9.17) is 5.41 Å². The van der Waals surface area contributed by atoms with Gasteiger partial charge in [0.2, 0.25) is 0 Å². The summed E-state index contributed by atoms with van der Waals surface area (Å²) < 4.78 is 0. The minimum atomic E-state index is 0.240. The van der Waals surface area contributed by atoms with Crippen LogP contribution in [0.1, 0.15) is 27.2 Å². The van der Waals surface area contributed by atoms with Gasteiger partial charge in [0.25, 0.3) is 0 Å². The molecule has 0 aliphatic rings. The second-order valence-electron chi connectivity index (χ2n) is 4.00. The van der Waals surface area contributed by atoms with Gasteiger partial charge in [-0.1, -0.05) is 33.4 Å². The average Bonchev–Trinajstić information content (AvgIpc) is 2.22. The highest BCUT2D eigenvalue weighted by Crippen LogP contribution is 2.07. The Balaban J connectivity index is 4.20. The molecule has 0 aliphatic carbocycles. The van der Waals surface area contributed by atoms with E-state index in [1.165, 1.54) is 0 Å². The van der Waals surface area contributed by atoms with Crippen molar-refractivity contribution in [3.63, 3.8) is 0 Å². The Kier molecular flexibility index (Phi) is 6.59. The maximum atomic E-state index is 7.58. The monoisotopic (exact) mass is 206 g/mol. The third kappa shape index (κ3) is 5.31. The molecule has 0 aliphatic heterocycles. The van der Waals surface area contributed by atoms with Crippen LogP contribution in [-0.2, 0) is 0 Å². The second kappa shape index (κ2) is 7.16. The molecule has 0 saturated carbocycles. The Morgan fingerprint density at radius 1 is 1.40 bits per heavy atom. The van der Waals surface area contributed by atoms with Crippen LogP contribution in [0.25, 0.3) is 0 Å². The topological polar surface area (TPSA) is 36.2 Å². The first-order chi connectivity index (χ1) is 7.02. The van der Waals surface area contributed by atoms with Crippen molar-refractivity contribution in [3.8, 4) is 0 Å².